The van der Waals surface area contributed by atoms with Crippen molar-refractivity contribution in [1.29, 1.82) is 0 Å². The molecule has 0 bridgehead atoms. The molecule has 0 amide bonds. The van der Waals surface area contributed by atoms with Gasteiger partial charge in [-0.3, -0.25) is 0 Å². The molecule has 0 spiro atoms. The van der Waals surface area contributed by atoms with Gasteiger partial charge in [-0.2, -0.15) is 0 Å². The maximum absolute atomic E-state index is 11.2. The van der Waals surface area contributed by atoms with Crippen molar-refractivity contribution >= 4 is 15.5 Å². The predicted molar refractivity (Wildman–Crippen MR) is 74.8 cm³/mol. The molecule has 0 aromatic heterocycles. The molecule has 5 heteroatoms. The molecular weight excluding hydrogens is 248 g/mol. The van der Waals surface area contributed by atoms with Crippen molar-refractivity contribution in [2.24, 2.45) is 0 Å². The second-order valence-electron chi connectivity index (χ2n) is 4.89. The molecule has 0 radical (unpaired) electrons. The molecule has 1 N–H and O–H groups in total. The molecule has 1 aromatic rings. The maximum Gasteiger partial charge on any atom is 0.149 e. The summed E-state index contributed by atoms with van der Waals surface area (Å²) in [5.74, 6) is 0.200. The first-order chi connectivity index (χ1) is 8.47. The molecule has 0 saturated carbocycles. The van der Waals surface area contributed by atoms with E-state index >= 15 is 0 Å². The number of sulfone groups is 1. The van der Waals surface area contributed by atoms with Crippen molar-refractivity contribution < 1.29 is 8.42 Å². The van der Waals surface area contributed by atoms with E-state index in [1.54, 1.807) is 0 Å². The van der Waals surface area contributed by atoms with Gasteiger partial charge in [0, 0.05) is 32.1 Å². The van der Waals surface area contributed by atoms with Gasteiger partial charge in [0.05, 0.1) is 5.75 Å². The summed E-state index contributed by atoms with van der Waals surface area (Å²) in [5.41, 5.74) is 3.84. The normalized spacial score (nSPS) is 15.2. The summed E-state index contributed by atoms with van der Waals surface area (Å²) in [5, 5.41) is 3.35. The van der Waals surface area contributed by atoms with Crippen molar-refractivity contribution in [3.63, 3.8) is 0 Å². The molecule has 1 aromatic carbocycles. The summed E-state index contributed by atoms with van der Waals surface area (Å²) < 4.78 is 22.4. The summed E-state index contributed by atoms with van der Waals surface area (Å²) in [4.78, 5) is 2.05. The van der Waals surface area contributed by atoms with E-state index in [-0.39, 0.29) is 5.75 Å². The first kappa shape index (κ1) is 13.4. The minimum atomic E-state index is -2.90. The van der Waals surface area contributed by atoms with Gasteiger partial charge in [0.1, 0.15) is 9.84 Å². The van der Waals surface area contributed by atoms with Crippen molar-refractivity contribution in [2.45, 2.75) is 13.0 Å². The second kappa shape index (κ2) is 5.28. The van der Waals surface area contributed by atoms with Gasteiger partial charge >= 0.3 is 0 Å². The van der Waals surface area contributed by atoms with Crippen LogP contribution in [0.25, 0.3) is 0 Å². The van der Waals surface area contributed by atoms with E-state index in [4.69, 9.17) is 0 Å². The SMILES string of the molecule is CN(CCS(C)(=O)=O)c1cccc2c1CCNC2. The standard InChI is InChI=1S/C13H20N2O2S/c1-15(8-9-18(2,16)17)13-5-3-4-11-10-14-7-6-12(11)13/h3-5,14H,6-10H2,1-2H3. The fourth-order valence-corrected chi connectivity index (χ4v) is 2.90. The number of hydrogen-bond donors (Lipinski definition) is 1. The second-order valence-corrected chi connectivity index (χ2v) is 7.15. The number of rotatable bonds is 4. The van der Waals surface area contributed by atoms with Crippen molar-refractivity contribution in [1.82, 2.24) is 5.32 Å². The van der Waals surface area contributed by atoms with Crippen LogP contribution in [0.3, 0.4) is 0 Å². The summed E-state index contributed by atoms with van der Waals surface area (Å²) in [6.45, 7) is 2.44. The lowest BCUT2D eigenvalue weighted by Gasteiger charge is -2.26. The van der Waals surface area contributed by atoms with Crippen LogP contribution in [0.1, 0.15) is 11.1 Å². The third kappa shape index (κ3) is 3.23. The zero-order chi connectivity index (χ0) is 13.2. The Bertz CT molecular complexity index is 526. The van der Waals surface area contributed by atoms with Crippen LogP contribution in [-0.4, -0.2) is 40.6 Å². The third-order valence-electron chi connectivity index (χ3n) is 3.32. The Kier molecular flexibility index (Phi) is 3.92. The van der Waals surface area contributed by atoms with Gasteiger partial charge < -0.3 is 10.2 Å². The van der Waals surface area contributed by atoms with E-state index in [2.05, 4.69) is 17.4 Å². The molecule has 1 aliphatic rings. The molecule has 100 valence electrons. The molecule has 0 unspecified atom stereocenters. The number of anilines is 1. The quantitative estimate of drug-likeness (QED) is 0.878. The molecule has 1 heterocycles. The molecular formula is C13H20N2O2S. The van der Waals surface area contributed by atoms with E-state index in [9.17, 15) is 8.42 Å². The zero-order valence-electron chi connectivity index (χ0n) is 10.9. The Morgan fingerprint density at radius 2 is 2.17 bits per heavy atom. The van der Waals surface area contributed by atoms with Gasteiger partial charge in [0.2, 0.25) is 0 Å². The number of nitrogens with one attached hydrogen (secondary N) is 1. The summed E-state index contributed by atoms with van der Waals surface area (Å²) >= 11 is 0. The van der Waals surface area contributed by atoms with Gasteiger partial charge in [-0.15, -0.1) is 0 Å². The molecule has 2 rings (SSSR count). The minimum absolute atomic E-state index is 0.200. The smallest absolute Gasteiger partial charge is 0.149 e. The number of fused-ring (bicyclic) bond motifs is 1. The van der Waals surface area contributed by atoms with E-state index in [0.717, 1.165) is 25.2 Å². The van der Waals surface area contributed by atoms with Crippen LogP contribution in [0.4, 0.5) is 5.69 Å². The average Bonchev–Trinajstić information content (AvgIpc) is 2.34. The van der Waals surface area contributed by atoms with Crippen molar-refractivity contribution in [3.8, 4) is 0 Å². The van der Waals surface area contributed by atoms with Crippen LogP contribution in [-0.2, 0) is 22.8 Å². The molecule has 0 saturated heterocycles. The van der Waals surface area contributed by atoms with Crippen molar-refractivity contribution in [3.05, 3.63) is 29.3 Å². The predicted octanol–water partition coefficient (Wildman–Crippen LogP) is 0.813. The van der Waals surface area contributed by atoms with Crippen LogP contribution >= 0.6 is 0 Å². The van der Waals surface area contributed by atoms with Crippen LogP contribution in [0, 0.1) is 0 Å². The van der Waals surface area contributed by atoms with Crippen molar-refractivity contribution in [2.75, 3.05) is 37.0 Å². The highest BCUT2D eigenvalue weighted by Gasteiger charge is 2.15. The highest BCUT2D eigenvalue weighted by Crippen LogP contribution is 2.25. The minimum Gasteiger partial charge on any atom is -0.373 e. The molecule has 4 nitrogen and oxygen atoms in total. The number of benzene rings is 1. The molecule has 0 aliphatic carbocycles. The monoisotopic (exact) mass is 268 g/mol. The Morgan fingerprint density at radius 3 is 2.89 bits per heavy atom. The van der Waals surface area contributed by atoms with Gasteiger partial charge in [-0.05, 0) is 30.2 Å². The maximum atomic E-state index is 11.2. The first-order valence-electron chi connectivity index (χ1n) is 6.18. The van der Waals surface area contributed by atoms with Gasteiger partial charge in [-0.25, -0.2) is 8.42 Å². The Balaban J connectivity index is 2.17. The topological polar surface area (TPSA) is 49.4 Å². The summed E-state index contributed by atoms with van der Waals surface area (Å²) in [6.07, 6.45) is 2.29. The number of nitrogens with zero attached hydrogens (tertiary/aromatic N) is 1. The molecule has 1 aliphatic heterocycles. The van der Waals surface area contributed by atoms with Crippen LogP contribution in [0.5, 0.6) is 0 Å². The largest absolute Gasteiger partial charge is 0.373 e. The summed E-state index contributed by atoms with van der Waals surface area (Å²) in [7, 11) is -0.941. The highest BCUT2D eigenvalue weighted by molar-refractivity contribution is 7.90. The van der Waals surface area contributed by atoms with E-state index in [0.29, 0.717) is 6.54 Å². The van der Waals surface area contributed by atoms with Gasteiger partial charge in [0.15, 0.2) is 0 Å². The summed E-state index contributed by atoms with van der Waals surface area (Å²) in [6, 6.07) is 6.25. The van der Waals surface area contributed by atoms with E-state index in [1.165, 1.54) is 17.4 Å². The Labute approximate surface area is 109 Å². The van der Waals surface area contributed by atoms with E-state index < -0.39 is 9.84 Å². The first-order valence-corrected chi connectivity index (χ1v) is 8.24. The lowest BCUT2D eigenvalue weighted by atomic mass is 9.98. The zero-order valence-corrected chi connectivity index (χ0v) is 11.8. The lowest BCUT2D eigenvalue weighted by Crippen LogP contribution is -2.29. The molecule has 0 fully saturated rings. The number of hydrogen-bond acceptors (Lipinski definition) is 4. The molecule has 18 heavy (non-hydrogen) atoms. The fraction of sp³-hybridized carbons (Fsp3) is 0.538. The van der Waals surface area contributed by atoms with Gasteiger partial charge in [0.25, 0.3) is 0 Å². The Hall–Kier alpha value is -1.07. The highest BCUT2D eigenvalue weighted by atomic mass is 32.2. The fourth-order valence-electron chi connectivity index (χ4n) is 2.29. The lowest BCUT2D eigenvalue weighted by molar-refractivity contribution is 0.600. The van der Waals surface area contributed by atoms with Crippen LogP contribution in [0.15, 0.2) is 18.2 Å². The van der Waals surface area contributed by atoms with E-state index in [1.807, 2.05) is 18.0 Å². The Morgan fingerprint density at radius 1 is 1.39 bits per heavy atom. The van der Waals surface area contributed by atoms with Gasteiger partial charge in [-0.1, -0.05) is 12.1 Å². The third-order valence-corrected chi connectivity index (χ3v) is 4.25. The van der Waals surface area contributed by atoms with Crippen LogP contribution in [0.2, 0.25) is 0 Å². The average molecular weight is 268 g/mol. The molecule has 0 atom stereocenters. The van der Waals surface area contributed by atoms with Crippen LogP contribution < -0.4 is 10.2 Å².